The van der Waals surface area contributed by atoms with Gasteiger partial charge in [0.25, 0.3) is 0 Å². The van der Waals surface area contributed by atoms with Crippen molar-refractivity contribution in [2.24, 2.45) is 0 Å². The molecule has 4 N–H and O–H groups in total. The summed E-state index contributed by atoms with van der Waals surface area (Å²) in [6, 6.07) is 1.13. The van der Waals surface area contributed by atoms with Crippen LogP contribution in [0.4, 0.5) is 10.2 Å². The highest BCUT2D eigenvalue weighted by molar-refractivity contribution is 5.82. The number of H-pyrrole nitrogens is 1. The van der Waals surface area contributed by atoms with Crippen LogP contribution in [-0.2, 0) is 0 Å². The Labute approximate surface area is 102 Å². The van der Waals surface area contributed by atoms with E-state index in [-0.39, 0.29) is 22.9 Å². The average molecular weight is 253 g/mol. The lowest BCUT2D eigenvalue weighted by molar-refractivity contribution is 0.347. The standard InChI is InChI=1S/C11H12FN3O3/c1-17-7-3-6(16)9(12)8(10(7)18-2)5-4-14-15-11(5)13/h3-4,16H,1-2H3,(H3,13,14,15). The van der Waals surface area contributed by atoms with E-state index in [1.54, 1.807) is 0 Å². The second kappa shape index (κ2) is 4.44. The number of methoxy groups -OCH3 is 2. The average Bonchev–Trinajstić information content (AvgIpc) is 2.78. The van der Waals surface area contributed by atoms with Crippen LogP contribution in [-0.4, -0.2) is 29.5 Å². The normalized spacial score (nSPS) is 10.4. The Morgan fingerprint density at radius 1 is 1.39 bits per heavy atom. The van der Waals surface area contributed by atoms with Crippen molar-refractivity contribution in [3.63, 3.8) is 0 Å². The number of aromatic nitrogens is 2. The van der Waals surface area contributed by atoms with Gasteiger partial charge in [-0.25, -0.2) is 4.39 Å². The molecule has 96 valence electrons. The molecule has 1 heterocycles. The Kier molecular flexibility index (Phi) is 2.97. The summed E-state index contributed by atoms with van der Waals surface area (Å²) in [5, 5.41) is 15.7. The second-order valence-corrected chi connectivity index (χ2v) is 3.52. The van der Waals surface area contributed by atoms with Crippen LogP contribution in [0.3, 0.4) is 0 Å². The van der Waals surface area contributed by atoms with Gasteiger partial charge in [-0.2, -0.15) is 5.10 Å². The van der Waals surface area contributed by atoms with Gasteiger partial charge in [0.05, 0.1) is 31.5 Å². The number of nitrogens with zero attached hydrogens (tertiary/aromatic N) is 1. The van der Waals surface area contributed by atoms with Crippen LogP contribution < -0.4 is 15.2 Å². The molecule has 1 aromatic carbocycles. The highest BCUT2D eigenvalue weighted by Gasteiger charge is 2.23. The first-order chi connectivity index (χ1) is 8.60. The number of rotatable bonds is 3. The predicted octanol–water partition coefficient (Wildman–Crippen LogP) is 1.52. The topological polar surface area (TPSA) is 93.4 Å². The maximum atomic E-state index is 14.0. The Balaban J connectivity index is 2.79. The van der Waals surface area contributed by atoms with Gasteiger partial charge in [-0.05, 0) is 0 Å². The third-order valence-electron chi connectivity index (χ3n) is 2.53. The zero-order valence-electron chi connectivity index (χ0n) is 9.82. The molecular formula is C11H12FN3O3. The van der Waals surface area contributed by atoms with Crippen molar-refractivity contribution in [1.82, 2.24) is 10.2 Å². The molecule has 0 aliphatic rings. The number of hydrogen-bond acceptors (Lipinski definition) is 5. The quantitative estimate of drug-likeness (QED) is 0.771. The van der Waals surface area contributed by atoms with Gasteiger partial charge in [0.15, 0.2) is 23.1 Å². The third-order valence-corrected chi connectivity index (χ3v) is 2.53. The first-order valence-corrected chi connectivity index (χ1v) is 5.02. The van der Waals surface area contributed by atoms with Crippen LogP contribution in [0.15, 0.2) is 12.3 Å². The summed E-state index contributed by atoms with van der Waals surface area (Å²) >= 11 is 0. The number of nitrogens with one attached hydrogen (secondary N) is 1. The zero-order valence-corrected chi connectivity index (χ0v) is 9.82. The maximum Gasteiger partial charge on any atom is 0.176 e. The van der Waals surface area contributed by atoms with Crippen molar-refractivity contribution < 1.29 is 19.0 Å². The summed E-state index contributed by atoms with van der Waals surface area (Å²) in [6.45, 7) is 0. The smallest absolute Gasteiger partial charge is 0.176 e. The first kappa shape index (κ1) is 12.0. The molecule has 18 heavy (non-hydrogen) atoms. The lowest BCUT2D eigenvalue weighted by Gasteiger charge is -2.14. The van der Waals surface area contributed by atoms with Crippen LogP contribution in [0.25, 0.3) is 11.1 Å². The van der Waals surface area contributed by atoms with Crippen molar-refractivity contribution in [2.45, 2.75) is 0 Å². The van der Waals surface area contributed by atoms with Crippen molar-refractivity contribution in [3.05, 3.63) is 18.1 Å². The molecule has 0 aliphatic heterocycles. The largest absolute Gasteiger partial charge is 0.505 e. The number of phenols is 1. The molecule has 0 saturated carbocycles. The van der Waals surface area contributed by atoms with E-state index in [0.717, 1.165) is 6.07 Å². The Bertz CT molecular complexity index is 583. The molecule has 2 rings (SSSR count). The number of aromatic hydroxyl groups is 1. The lowest BCUT2D eigenvalue weighted by Crippen LogP contribution is -1.98. The van der Waals surface area contributed by atoms with Gasteiger partial charge in [0.2, 0.25) is 0 Å². The number of aromatic amines is 1. The van der Waals surface area contributed by atoms with Crippen LogP contribution >= 0.6 is 0 Å². The van der Waals surface area contributed by atoms with Gasteiger partial charge in [-0.1, -0.05) is 0 Å². The fourth-order valence-electron chi connectivity index (χ4n) is 1.69. The number of anilines is 1. The molecule has 6 nitrogen and oxygen atoms in total. The Morgan fingerprint density at radius 2 is 2.11 bits per heavy atom. The molecule has 0 radical (unpaired) electrons. The van der Waals surface area contributed by atoms with Crippen LogP contribution in [0.2, 0.25) is 0 Å². The van der Waals surface area contributed by atoms with E-state index in [2.05, 4.69) is 10.2 Å². The molecule has 0 saturated heterocycles. The fourth-order valence-corrected chi connectivity index (χ4v) is 1.69. The van der Waals surface area contributed by atoms with Crippen molar-refractivity contribution in [1.29, 1.82) is 0 Å². The zero-order chi connectivity index (χ0) is 13.3. The van der Waals surface area contributed by atoms with Crippen molar-refractivity contribution in [2.75, 3.05) is 20.0 Å². The molecular weight excluding hydrogens is 241 g/mol. The van der Waals surface area contributed by atoms with E-state index >= 15 is 0 Å². The highest BCUT2D eigenvalue weighted by atomic mass is 19.1. The Morgan fingerprint density at radius 3 is 2.61 bits per heavy atom. The Hall–Kier alpha value is -2.44. The number of halogens is 1. The molecule has 7 heteroatoms. The maximum absolute atomic E-state index is 14.0. The molecule has 1 aromatic heterocycles. The molecule has 2 aromatic rings. The summed E-state index contributed by atoms with van der Waals surface area (Å²) in [4.78, 5) is 0. The molecule has 0 atom stereocenters. The molecule has 0 spiro atoms. The van der Waals surface area contributed by atoms with Gasteiger partial charge < -0.3 is 20.3 Å². The van der Waals surface area contributed by atoms with Crippen molar-refractivity contribution in [3.8, 4) is 28.4 Å². The minimum Gasteiger partial charge on any atom is -0.505 e. The summed E-state index contributed by atoms with van der Waals surface area (Å²) in [5.41, 5.74) is 5.93. The van der Waals surface area contributed by atoms with Gasteiger partial charge in [0, 0.05) is 6.07 Å². The summed E-state index contributed by atoms with van der Waals surface area (Å²) in [6.07, 6.45) is 1.34. The van der Waals surface area contributed by atoms with Gasteiger partial charge in [0.1, 0.15) is 5.82 Å². The monoisotopic (exact) mass is 253 g/mol. The number of phenolic OH excluding ortho intramolecular Hbond substituents is 1. The minimum absolute atomic E-state index is 0.000556. The SMILES string of the molecule is COc1cc(O)c(F)c(-c2cn[nH]c2N)c1OC. The molecule has 0 unspecified atom stereocenters. The first-order valence-electron chi connectivity index (χ1n) is 5.02. The predicted molar refractivity (Wildman–Crippen MR) is 63.2 cm³/mol. The lowest BCUT2D eigenvalue weighted by atomic mass is 10.1. The van der Waals surface area contributed by atoms with E-state index in [1.807, 2.05) is 0 Å². The number of ether oxygens (including phenoxy) is 2. The van der Waals surface area contributed by atoms with Crippen molar-refractivity contribution >= 4 is 5.82 Å². The van der Waals surface area contributed by atoms with Crippen LogP contribution in [0.1, 0.15) is 0 Å². The number of nitrogens with two attached hydrogens (primary N) is 1. The second-order valence-electron chi connectivity index (χ2n) is 3.52. The minimum atomic E-state index is -0.847. The van der Waals surface area contributed by atoms with E-state index in [1.165, 1.54) is 20.4 Å². The number of benzene rings is 1. The molecule has 0 aliphatic carbocycles. The van der Waals surface area contributed by atoms with E-state index in [9.17, 15) is 9.50 Å². The van der Waals surface area contributed by atoms with E-state index in [4.69, 9.17) is 15.2 Å². The van der Waals surface area contributed by atoms with Gasteiger partial charge in [-0.3, -0.25) is 5.10 Å². The van der Waals surface area contributed by atoms with Crippen LogP contribution in [0.5, 0.6) is 17.2 Å². The fraction of sp³-hybridized carbons (Fsp3) is 0.182. The summed E-state index contributed by atoms with van der Waals surface area (Å²) in [5.74, 6) is -0.892. The van der Waals surface area contributed by atoms with E-state index < -0.39 is 11.6 Å². The highest BCUT2D eigenvalue weighted by Crippen LogP contribution is 2.44. The van der Waals surface area contributed by atoms with Gasteiger partial charge in [-0.15, -0.1) is 0 Å². The van der Waals surface area contributed by atoms with Gasteiger partial charge >= 0.3 is 0 Å². The molecule has 0 fully saturated rings. The summed E-state index contributed by atoms with van der Waals surface area (Å²) in [7, 11) is 2.76. The number of nitrogen functional groups attached to an aromatic ring is 1. The summed E-state index contributed by atoms with van der Waals surface area (Å²) < 4.78 is 24.2. The molecule has 0 amide bonds. The number of hydrogen-bond donors (Lipinski definition) is 3. The van der Waals surface area contributed by atoms with Crippen LogP contribution in [0, 0.1) is 5.82 Å². The third kappa shape index (κ3) is 1.69. The molecule has 0 bridgehead atoms. The van der Waals surface area contributed by atoms with E-state index in [0.29, 0.717) is 5.56 Å².